The van der Waals surface area contributed by atoms with Crippen LogP contribution in [0.4, 0.5) is 4.79 Å². The van der Waals surface area contributed by atoms with E-state index in [-0.39, 0.29) is 6.03 Å². The Morgan fingerprint density at radius 3 is 2.55 bits per heavy atom. The first-order valence-electron chi connectivity index (χ1n) is 8.28. The van der Waals surface area contributed by atoms with E-state index in [0.29, 0.717) is 6.04 Å². The fraction of sp³-hybridized carbons (Fsp3) is 0.800. The van der Waals surface area contributed by atoms with Crippen molar-refractivity contribution in [2.45, 2.75) is 51.6 Å². The molecule has 1 aromatic rings. The first-order valence-corrected chi connectivity index (χ1v) is 8.28. The van der Waals surface area contributed by atoms with Crippen LogP contribution in [-0.2, 0) is 6.54 Å². The molecule has 7 nitrogen and oxygen atoms in total. The Bertz CT molecular complexity index is 490. The zero-order valence-electron chi connectivity index (χ0n) is 13.3. The highest BCUT2D eigenvalue weighted by atomic mass is 16.6. The van der Waals surface area contributed by atoms with E-state index in [9.17, 15) is 4.79 Å². The molecule has 1 N–H and O–H groups in total. The van der Waals surface area contributed by atoms with Crippen LogP contribution in [0.25, 0.3) is 0 Å². The van der Waals surface area contributed by atoms with Crippen molar-refractivity contribution in [1.29, 1.82) is 0 Å². The van der Waals surface area contributed by atoms with Gasteiger partial charge in [0, 0.05) is 38.8 Å². The van der Waals surface area contributed by atoms with Crippen LogP contribution in [-0.4, -0.2) is 58.4 Å². The molecule has 7 heteroatoms. The number of nitrogens with zero attached hydrogens (tertiary/aromatic N) is 4. The Morgan fingerprint density at radius 2 is 1.91 bits per heavy atom. The van der Waals surface area contributed by atoms with Gasteiger partial charge in [-0.05, 0) is 19.8 Å². The molecule has 0 aromatic carbocycles. The number of carbonyl (C=O) groups is 1. The minimum atomic E-state index is 0.103. The summed E-state index contributed by atoms with van der Waals surface area (Å²) in [5.74, 6) is 0. The number of hydrogen-bond donors (Lipinski definition) is 1. The van der Waals surface area contributed by atoms with Gasteiger partial charge in [0.2, 0.25) is 0 Å². The number of nitrogens with one attached hydrogen (secondary N) is 1. The van der Waals surface area contributed by atoms with Crippen LogP contribution in [0.3, 0.4) is 0 Å². The maximum atomic E-state index is 12.3. The second-order valence-electron chi connectivity index (χ2n) is 6.34. The van der Waals surface area contributed by atoms with Crippen molar-refractivity contribution in [3.05, 3.63) is 11.4 Å². The molecule has 0 spiro atoms. The van der Waals surface area contributed by atoms with Crippen molar-refractivity contribution in [3.8, 4) is 0 Å². The second-order valence-corrected chi connectivity index (χ2v) is 6.34. The number of urea groups is 1. The standard InChI is InChI=1S/C15H25N5O2/c1-12-14(18-22-17-12)11-19-7-9-20(10-8-19)15(21)16-13-5-3-2-4-6-13/h13H,2-11H2,1H3,(H,16,21). The van der Waals surface area contributed by atoms with Gasteiger partial charge in [0.05, 0.1) is 0 Å². The summed E-state index contributed by atoms with van der Waals surface area (Å²) in [5, 5.41) is 10.9. The third kappa shape index (κ3) is 3.76. The van der Waals surface area contributed by atoms with E-state index in [1.54, 1.807) is 0 Å². The predicted octanol–water partition coefficient (Wildman–Crippen LogP) is 1.54. The monoisotopic (exact) mass is 307 g/mol. The third-order valence-corrected chi connectivity index (χ3v) is 4.71. The first kappa shape index (κ1) is 15.3. The second kappa shape index (κ2) is 7.09. The smallest absolute Gasteiger partial charge is 0.317 e. The largest absolute Gasteiger partial charge is 0.335 e. The quantitative estimate of drug-likeness (QED) is 0.917. The van der Waals surface area contributed by atoms with E-state index in [2.05, 4.69) is 20.5 Å². The minimum absolute atomic E-state index is 0.103. The Balaban J connectivity index is 1.43. The molecule has 122 valence electrons. The van der Waals surface area contributed by atoms with E-state index >= 15 is 0 Å². The van der Waals surface area contributed by atoms with Crippen LogP contribution in [0.5, 0.6) is 0 Å². The number of carbonyl (C=O) groups excluding carboxylic acids is 1. The summed E-state index contributed by atoms with van der Waals surface area (Å²) in [4.78, 5) is 16.5. The van der Waals surface area contributed by atoms with Gasteiger partial charge in [0.1, 0.15) is 11.4 Å². The number of amides is 2. The summed E-state index contributed by atoms with van der Waals surface area (Å²) >= 11 is 0. The maximum absolute atomic E-state index is 12.3. The molecule has 2 fully saturated rings. The highest BCUT2D eigenvalue weighted by Gasteiger charge is 2.24. The summed E-state index contributed by atoms with van der Waals surface area (Å²) < 4.78 is 4.73. The topological polar surface area (TPSA) is 74.5 Å². The van der Waals surface area contributed by atoms with E-state index in [1.165, 1.54) is 19.3 Å². The lowest BCUT2D eigenvalue weighted by atomic mass is 9.96. The molecule has 0 unspecified atom stereocenters. The normalized spacial score (nSPS) is 21.0. The molecule has 1 saturated heterocycles. The highest BCUT2D eigenvalue weighted by molar-refractivity contribution is 5.74. The fourth-order valence-corrected chi connectivity index (χ4v) is 3.23. The molecule has 0 bridgehead atoms. The summed E-state index contributed by atoms with van der Waals surface area (Å²) in [6.45, 7) is 5.91. The SMILES string of the molecule is Cc1nonc1CN1CCN(C(=O)NC2CCCCC2)CC1. The van der Waals surface area contributed by atoms with E-state index in [4.69, 9.17) is 4.63 Å². The van der Waals surface area contributed by atoms with Crippen molar-refractivity contribution in [2.75, 3.05) is 26.2 Å². The van der Waals surface area contributed by atoms with Crippen LogP contribution in [0.1, 0.15) is 43.5 Å². The van der Waals surface area contributed by atoms with Crippen molar-refractivity contribution < 1.29 is 9.42 Å². The Kier molecular flexibility index (Phi) is 4.92. The molecule has 1 saturated carbocycles. The number of aromatic nitrogens is 2. The summed E-state index contributed by atoms with van der Waals surface area (Å²) in [7, 11) is 0. The molecule has 1 aliphatic carbocycles. The van der Waals surface area contributed by atoms with Crippen LogP contribution < -0.4 is 5.32 Å². The minimum Gasteiger partial charge on any atom is -0.335 e. The molecule has 0 atom stereocenters. The van der Waals surface area contributed by atoms with Crippen molar-refractivity contribution in [1.82, 2.24) is 25.4 Å². The van der Waals surface area contributed by atoms with Crippen molar-refractivity contribution in [3.63, 3.8) is 0 Å². The van der Waals surface area contributed by atoms with Gasteiger partial charge in [-0.25, -0.2) is 9.42 Å². The number of hydrogen-bond acceptors (Lipinski definition) is 5. The van der Waals surface area contributed by atoms with Crippen LogP contribution in [0.15, 0.2) is 4.63 Å². The van der Waals surface area contributed by atoms with Crippen molar-refractivity contribution in [2.24, 2.45) is 0 Å². The lowest BCUT2D eigenvalue weighted by molar-refractivity contribution is 0.130. The van der Waals surface area contributed by atoms with E-state index < -0.39 is 0 Å². The fourth-order valence-electron chi connectivity index (χ4n) is 3.23. The molecule has 2 aliphatic rings. The third-order valence-electron chi connectivity index (χ3n) is 4.71. The Hall–Kier alpha value is -1.63. The van der Waals surface area contributed by atoms with Gasteiger partial charge >= 0.3 is 6.03 Å². The van der Waals surface area contributed by atoms with Crippen LogP contribution >= 0.6 is 0 Å². The molecule has 1 aromatic heterocycles. The number of piperazine rings is 1. The first-order chi connectivity index (χ1) is 10.7. The predicted molar refractivity (Wildman–Crippen MR) is 81.3 cm³/mol. The van der Waals surface area contributed by atoms with E-state index in [1.807, 2.05) is 11.8 Å². The lowest BCUT2D eigenvalue weighted by Crippen LogP contribution is -2.53. The number of rotatable bonds is 3. The molecule has 2 heterocycles. The maximum Gasteiger partial charge on any atom is 0.317 e. The average molecular weight is 307 g/mol. The molecular formula is C15H25N5O2. The van der Waals surface area contributed by atoms with Gasteiger partial charge in [0.25, 0.3) is 0 Å². The van der Waals surface area contributed by atoms with Gasteiger partial charge < -0.3 is 10.2 Å². The summed E-state index contributed by atoms with van der Waals surface area (Å²) in [5.41, 5.74) is 1.73. The molecule has 1 aliphatic heterocycles. The van der Waals surface area contributed by atoms with Crippen molar-refractivity contribution >= 4 is 6.03 Å². The van der Waals surface area contributed by atoms with Gasteiger partial charge in [-0.3, -0.25) is 4.90 Å². The van der Waals surface area contributed by atoms with Crippen LogP contribution in [0.2, 0.25) is 0 Å². The zero-order chi connectivity index (χ0) is 15.4. The Morgan fingerprint density at radius 1 is 1.18 bits per heavy atom. The number of aryl methyl sites for hydroxylation is 1. The summed E-state index contributed by atoms with van der Waals surface area (Å²) in [6.07, 6.45) is 6.04. The van der Waals surface area contributed by atoms with E-state index in [0.717, 1.165) is 57.0 Å². The van der Waals surface area contributed by atoms with Gasteiger partial charge in [-0.15, -0.1) is 0 Å². The molecule has 22 heavy (non-hydrogen) atoms. The van der Waals surface area contributed by atoms with Crippen LogP contribution in [0, 0.1) is 6.92 Å². The average Bonchev–Trinajstić information content (AvgIpc) is 2.94. The molecule has 2 amide bonds. The highest BCUT2D eigenvalue weighted by Crippen LogP contribution is 2.18. The summed E-state index contributed by atoms with van der Waals surface area (Å²) in [6, 6.07) is 0.481. The zero-order valence-corrected chi connectivity index (χ0v) is 13.3. The van der Waals surface area contributed by atoms with Gasteiger partial charge in [-0.2, -0.15) is 0 Å². The lowest BCUT2D eigenvalue weighted by Gasteiger charge is -2.35. The molecule has 0 radical (unpaired) electrons. The van der Waals surface area contributed by atoms with Gasteiger partial charge in [0.15, 0.2) is 0 Å². The molecular weight excluding hydrogens is 282 g/mol. The van der Waals surface area contributed by atoms with Gasteiger partial charge in [-0.1, -0.05) is 29.6 Å². The Labute approximate surface area is 131 Å². The molecule has 3 rings (SSSR count).